The van der Waals surface area contributed by atoms with Gasteiger partial charge in [0, 0.05) is 0 Å². The Bertz CT molecular complexity index is 392. The lowest BCUT2D eigenvalue weighted by Crippen LogP contribution is -2.06. The van der Waals surface area contributed by atoms with E-state index in [9.17, 15) is 18.0 Å². The Kier molecular flexibility index (Phi) is 2.72. The molecule has 0 spiro atoms. The number of alkyl halides is 3. The Labute approximate surface area is 78.1 Å². The van der Waals surface area contributed by atoms with E-state index in [2.05, 4.69) is 4.99 Å². The smallest absolute Gasteiger partial charge is 0.211 e. The van der Waals surface area contributed by atoms with Crippen LogP contribution in [-0.4, -0.2) is 6.08 Å². The van der Waals surface area contributed by atoms with Crippen LogP contribution in [0.1, 0.15) is 11.1 Å². The van der Waals surface area contributed by atoms with Gasteiger partial charge in [-0.25, -0.2) is 4.79 Å². The van der Waals surface area contributed by atoms with Gasteiger partial charge in [-0.3, -0.25) is 0 Å². The first kappa shape index (κ1) is 10.5. The second-order valence-electron chi connectivity index (χ2n) is 2.70. The Morgan fingerprint density at radius 3 is 2.43 bits per heavy atom. The number of aryl methyl sites for hydroxylation is 1. The van der Waals surface area contributed by atoms with Crippen LogP contribution in [0.25, 0.3) is 0 Å². The summed E-state index contributed by atoms with van der Waals surface area (Å²) >= 11 is 0. The zero-order valence-electron chi connectivity index (χ0n) is 7.22. The number of nitrogens with zero attached hydrogens (tertiary/aromatic N) is 1. The van der Waals surface area contributed by atoms with Crippen LogP contribution in [0.4, 0.5) is 18.9 Å². The molecule has 1 aromatic carbocycles. The lowest BCUT2D eigenvalue weighted by molar-refractivity contribution is -0.138. The zero-order chi connectivity index (χ0) is 10.8. The van der Waals surface area contributed by atoms with Gasteiger partial charge in [0.15, 0.2) is 0 Å². The highest BCUT2D eigenvalue weighted by molar-refractivity contribution is 5.51. The van der Waals surface area contributed by atoms with E-state index < -0.39 is 11.7 Å². The summed E-state index contributed by atoms with van der Waals surface area (Å²) in [5.41, 5.74) is -0.512. The fraction of sp³-hybridized carbons (Fsp3) is 0.222. The van der Waals surface area contributed by atoms with E-state index in [-0.39, 0.29) is 11.3 Å². The van der Waals surface area contributed by atoms with Crippen LogP contribution < -0.4 is 0 Å². The first-order valence-corrected chi connectivity index (χ1v) is 3.71. The van der Waals surface area contributed by atoms with Crippen molar-refractivity contribution in [2.45, 2.75) is 13.1 Å². The number of halogens is 3. The molecule has 0 saturated heterocycles. The molecule has 2 nitrogen and oxygen atoms in total. The van der Waals surface area contributed by atoms with Crippen molar-refractivity contribution in [3.8, 4) is 0 Å². The third-order valence-corrected chi connectivity index (χ3v) is 1.69. The van der Waals surface area contributed by atoms with Crippen molar-refractivity contribution in [1.29, 1.82) is 0 Å². The molecule has 0 heterocycles. The van der Waals surface area contributed by atoms with E-state index in [0.717, 1.165) is 12.1 Å². The van der Waals surface area contributed by atoms with Crippen molar-refractivity contribution in [2.75, 3.05) is 0 Å². The van der Waals surface area contributed by atoms with Gasteiger partial charge in [-0.15, -0.1) is 0 Å². The van der Waals surface area contributed by atoms with Gasteiger partial charge in [0.1, 0.15) is 0 Å². The predicted octanol–water partition coefficient (Wildman–Crippen LogP) is 2.98. The Balaban J connectivity index is 3.20. The minimum atomic E-state index is -4.37. The lowest BCUT2D eigenvalue weighted by Gasteiger charge is -2.09. The van der Waals surface area contributed by atoms with Crippen molar-refractivity contribution in [1.82, 2.24) is 0 Å². The van der Waals surface area contributed by atoms with Crippen molar-refractivity contribution >= 4 is 11.8 Å². The summed E-state index contributed by atoms with van der Waals surface area (Å²) in [6.45, 7) is 1.31. The van der Waals surface area contributed by atoms with Gasteiger partial charge in [-0.05, 0) is 30.7 Å². The average Bonchev–Trinajstić information content (AvgIpc) is 2.02. The summed E-state index contributed by atoms with van der Waals surface area (Å²) in [5.74, 6) is 0. The Morgan fingerprint density at radius 2 is 2.00 bits per heavy atom. The van der Waals surface area contributed by atoms with Gasteiger partial charge in [0.25, 0.3) is 0 Å². The third kappa shape index (κ3) is 2.20. The highest BCUT2D eigenvalue weighted by atomic mass is 19.4. The largest absolute Gasteiger partial charge is 0.416 e. The van der Waals surface area contributed by atoms with Crippen LogP contribution in [0.15, 0.2) is 23.2 Å². The standard InChI is InChI=1S/C9H6F3NO/c1-6-4-7(13-5-14)2-3-8(6)9(10,11)12/h2-4H,1H3. The maximum absolute atomic E-state index is 12.3. The third-order valence-electron chi connectivity index (χ3n) is 1.69. The Hall–Kier alpha value is -1.61. The minimum absolute atomic E-state index is 0.0361. The molecule has 0 aliphatic heterocycles. The molecule has 0 radical (unpaired) electrons. The van der Waals surface area contributed by atoms with E-state index >= 15 is 0 Å². The molecule has 0 fully saturated rings. The van der Waals surface area contributed by atoms with E-state index in [4.69, 9.17) is 0 Å². The van der Waals surface area contributed by atoms with Crippen LogP contribution in [0.5, 0.6) is 0 Å². The highest BCUT2D eigenvalue weighted by Crippen LogP contribution is 2.33. The summed E-state index contributed by atoms with van der Waals surface area (Å²) in [7, 11) is 0. The second kappa shape index (κ2) is 3.64. The summed E-state index contributed by atoms with van der Waals surface area (Å²) < 4.78 is 36.8. The number of carbonyl (C=O) groups excluding carboxylic acids is 1. The fourth-order valence-electron chi connectivity index (χ4n) is 1.09. The van der Waals surface area contributed by atoms with Gasteiger partial charge in [0.2, 0.25) is 6.08 Å². The fourth-order valence-corrected chi connectivity index (χ4v) is 1.09. The molecular weight excluding hydrogens is 195 g/mol. The van der Waals surface area contributed by atoms with Crippen LogP contribution in [0.2, 0.25) is 0 Å². The maximum Gasteiger partial charge on any atom is 0.416 e. The van der Waals surface area contributed by atoms with Crippen LogP contribution >= 0.6 is 0 Å². The number of isocyanates is 1. The quantitative estimate of drug-likeness (QED) is 0.507. The van der Waals surface area contributed by atoms with Crippen molar-refractivity contribution in [3.05, 3.63) is 29.3 Å². The molecule has 0 amide bonds. The molecule has 0 atom stereocenters. The average molecular weight is 201 g/mol. The van der Waals surface area contributed by atoms with Crippen molar-refractivity contribution in [3.63, 3.8) is 0 Å². The zero-order valence-corrected chi connectivity index (χ0v) is 7.22. The predicted molar refractivity (Wildman–Crippen MR) is 44.0 cm³/mol. The molecule has 0 aromatic heterocycles. The summed E-state index contributed by atoms with van der Waals surface area (Å²) in [5, 5.41) is 0. The van der Waals surface area contributed by atoms with Gasteiger partial charge in [-0.2, -0.15) is 18.2 Å². The second-order valence-corrected chi connectivity index (χ2v) is 2.70. The number of benzene rings is 1. The summed E-state index contributed by atoms with van der Waals surface area (Å²) in [6.07, 6.45) is -3.10. The van der Waals surface area contributed by atoms with E-state index in [1.54, 1.807) is 0 Å². The molecule has 5 heteroatoms. The molecule has 74 valence electrons. The first-order chi connectivity index (χ1) is 6.45. The number of hydrogen-bond donors (Lipinski definition) is 0. The molecule has 1 aromatic rings. The molecule has 1 rings (SSSR count). The van der Waals surface area contributed by atoms with Gasteiger partial charge in [-0.1, -0.05) is 0 Å². The molecule has 0 aliphatic carbocycles. The minimum Gasteiger partial charge on any atom is -0.211 e. The van der Waals surface area contributed by atoms with Crippen LogP contribution in [0.3, 0.4) is 0 Å². The Morgan fingerprint density at radius 1 is 1.36 bits per heavy atom. The summed E-state index contributed by atoms with van der Waals surface area (Å²) in [4.78, 5) is 13.1. The number of aliphatic imine (C=N–C) groups is 1. The van der Waals surface area contributed by atoms with E-state index in [1.165, 1.54) is 19.1 Å². The molecule has 0 N–H and O–H groups in total. The van der Waals surface area contributed by atoms with E-state index in [0.29, 0.717) is 0 Å². The first-order valence-electron chi connectivity index (χ1n) is 3.71. The van der Waals surface area contributed by atoms with Crippen molar-refractivity contribution < 1.29 is 18.0 Å². The highest BCUT2D eigenvalue weighted by Gasteiger charge is 2.32. The molecule has 0 unspecified atom stereocenters. The lowest BCUT2D eigenvalue weighted by atomic mass is 10.1. The monoisotopic (exact) mass is 201 g/mol. The van der Waals surface area contributed by atoms with Gasteiger partial charge in [0.05, 0.1) is 11.3 Å². The number of hydrogen-bond acceptors (Lipinski definition) is 2. The molecule has 0 aliphatic rings. The van der Waals surface area contributed by atoms with E-state index in [1.807, 2.05) is 0 Å². The topological polar surface area (TPSA) is 29.4 Å². The SMILES string of the molecule is Cc1cc(N=C=O)ccc1C(F)(F)F. The van der Waals surface area contributed by atoms with Crippen LogP contribution in [-0.2, 0) is 11.0 Å². The normalized spacial score (nSPS) is 10.9. The van der Waals surface area contributed by atoms with Crippen molar-refractivity contribution in [2.24, 2.45) is 4.99 Å². The molecule has 0 saturated carbocycles. The van der Waals surface area contributed by atoms with Gasteiger partial charge >= 0.3 is 6.18 Å². The molecule has 0 bridgehead atoms. The molecule has 14 heavy (non-hydrogen) atoms. The van der Waals surface area contributed by atoms with Crippen LogP contribution in [0, 0.1) is 6.92 Å². The summed E-state index contributed by atoms with van der Waals surface area (Å²) in [6, 6.07) is 3.21. The van der Waals surface area contributed by atoms with Gasteiger partial charge < -0.3 is 0 Å². The maximum atomic E-state index is 12.3. The number of rotatable bonds is 1. The molecular formula is C9H6F3NO.